The summed E-state index contributed by atoms with van der Waals surface area (Å²) < 4.78 is 0. The van der Waals surface area contributed by atoms with Gasteiger partial charge < -0.3 is 10.2 Å². The molecule has 6 nitrogen and oxygen atoms in total. The first-order chi connectivity index (χ1) is 15.8. The van der Waals surface area contributed by atoms with Crippen molar-refractivity contribution in [1.29, 1.82) is 0 Å². The number of halogens is 2. The van der Waals surface area contributed by atoms with Crippen molar-refractivity contribution >= 4 is 46.5 Å². The zero-order valence-corrected chi connectivity index (χ0v) is 20.0. The van der Waals surface area contributed by atoms with E-state index in [-0.39, 0.29) is 24.3 Å². The predicted molar refractivity (Wildman–Crippen MR) is 131 cm³/mol. The van der Waals surface area contributed by atoms with Crippen molar-refractivity contribution in [3.05, 3.63) is 75.8 Å². The molecule has 3 aliphatic heterocycles. The average molecular weight is 483 g/mol. The van der Waals surface area contributed by atoms with Crippen LogP contribution in [0.2, 0.25) is 10.0 Å². The molecule has 0 bridgehead atoms. The van der Waals surface area contributed by atoms with Gasteiger partial charge in [0.1, 0.15) is 17.8 Å². The number of amidine groups is 1. The number of hydrogen-bond acceptors (Lipinski definition) is 4. The molecule has 2 aromatic rings. The highest BCUT2D eigenvalue weighted by Crippen LogP contribution is 2.57. The van der Waals surface area contributed by atoms with Gasteiger partial charge in [-0.1, -0.05) is 60.5 Å². The van der Waals surface area contributed by atoms with Crippen molar-refractivity contribution < 1.29 is 9.59 Å². The van der Waals surface area contributed by atoms with E-state index in [0.29, 0.717) is 28.6 Å². The third-order valence-corrected chi connectivity index (χ3v) is 7.56. The molecule has 3 aliphatic rings. The van der Waals surface area contributed by atoms with Gasteiger partial charge in [0.05, 0.1) is 6.04 Å². The normalized spacial score (nSPS) is 26.1. The molecule has 0 saturated carbocycles. The molecule has 0 radical (unpaired) electrons. The van der Waals surface area contributed by atoms with Crippen molar-refractivity contribution in [3.8, 4) is 0 Å². The van der Waals surface area contributed by atoms with Gasteiger partial charge in [-0.2, -0.15) is 5.10 Å². The molecule has 1 saturated heterocycles. The third kappa shape index (κ3) is 3.19. The second-order valence-corrected chi connectivity index (χ2v) is 9.67. The molecule has 2 amide bonds. The Morgan fingerprint density at radius 1 is 1.21 bits per heavy atom. The summed E-state index contributed by atoms with van der Waals surface area (Å²) in [6.45, 7) is 6.52. The molecule has 1 N–H and O–H groups in total. The zero-order valence-electron chi connectivity index (χ0n) is 18.4. The summed E-state index contributed by atoms with van der Waals surface area (Å²) in [6.07, 6.45) is 1.12. The largest absolute Gasteiger partial charge is 0.341 e. The fourth-order valence-corrected chi connectivity index (χ4v) is 5.96. The Balaban J connectivity index is 1.83. The van der Waals surface area contributed by atoms with E-state index in [1.165, 1.54) is 5.01 Å². The number of anilines is 1. The lowest BCUT2D eigenvalue weighted by Gasteiger charge is -2.54. The van der Waals surface area contributed by atoms with Crippen LogP contribution >= 0.6 is 23.2 Å². The molecule has 2 aromatic carbocycles. The highest BCUT2D eigenvalue weighted by atomic mass is 35.5. The third-order valence-electron chi connectivity index (χ3n) is 7.09. The predicted octanol–water partition coefficient (Wildman–Crippen LogP) is 4.79. The van der Waals surface area contributed by atoms with E-state index < -0.39 is 11.5 Å². The first kappa shape index (κ1) is 22.0. The van der Waals surface area contributed by atoms with E-state index in [9.17, 15) is 9.59 Å². The zero-order chi connectivity index (χ0) is 23.5. The van der Waals surface area contributed by atoms with E-state index in [1.54, 1.807) is 13.1 Å². The van der Waals surface area contributed by atoms with Gasteiger partial charge in [-0.05, 0) is 41.8 Å². The monoisotopic (exact) mass is 482 g/mol. The first-order valence-corrected chi connectivity index (χ1v) is 11.7. The van der Waals surface area contributed by atoms with Crippen LogP contribution in [-0.2, 0) is 15.0 Å². The van der Waals surface area contributed by atoms with Crippen molar-refractivity contribution in [2.45, 2.75) is 37.1 Å². The minimum atomic E-state index is -1.02. The smallest absolute Gasteiger partial charge is 0.262 e. The van der Waals surface area contributed by atoms with Gasteiger partial charge in [0.2, 0.25) is 5.91 Å². The molecule has 1 unspecified atom stereocenters. The molecule has 1 fully saturated rings. The number of hydrazone groups is 1. The molecular formula is C25H24Cl2N4O2. The lowest BCUT2D eigenvalue weighted by Crippen LogP contribution is -2.66. The Labute approximate surface area is 202 Å². The molecule has 5 rings (SSSR count). The molecular weight excluding hydrogens is 459 g/mol. The lowest BCUT2D eigenvalue weighted by molar-refractivity contribution is -0.134. The minimum Gasteiger partial charge on any atom is -0.341 e. The van der Waals surface area contributed by atoms with Crippen LogP contribution in [0.25, 0.3) is 0 Å². The number of piperidine rings is 1. The summed E-state index contributed by atoms with van der Waals surface area (Å²) in [5, 5.41) is 10.2. The molecule has 8 heteroatoms. The number of benzene rings is 2. The second kappa shape index (κ2) is 7.89. The maximum atomic E-state index is 14.0. The minimum absolute atomic E-state index is 0.126. The molecule has 3 heterocycles. The quantitative estimate of drug-likeness (QED) is 0.639. The van der Waals surface area contributed by atoms with E-state index >= 15 is 0 Å². The van der Waals surface area contributed by atoms with Gasteiger partial charge in [-0.25, -0.2) is 5.01 Å². The summed E-state index contributed by atoms with van der Waals surface area (Å²) in [4.78, 5) is 28.7. The summed E-state index contributed by atoms with van der Waals surface area (Å²) in [5.74, 6) is 0.236. The Kier molecular flexibility index (Phi) is 5.26. The molecule has 0 aromatic heterocycles. The summed E-state index contributed by atoms with van der Waals surface area (Å²) in [6, 6.07) is 12.7. The van der Waals surface area contributed by atoms with Crippen LogP contribution in [0.15, 0.2) is 59.7 Å². The molecule has 0 aliphatic carbocycles. The number of amides is 2. The average Bonchev–Trinajstić information content (AvgIpc) is 3.05. The Bertz CT molecular complexity index is 1230. The second-order valence-electron chi connectivity index (χ2n) is 8.80. The highest BCUT2D eigenvalue weighted by Gasteiger charge is 2.63. The van der Waals surface area contributed by atoms with Gasteiger partial charge in [0, 0.05) is 35.1 Å². The van der Waals surface area contributed by atoms with Gasteiger partial charge in [-0.15, -0.1) is 0 Å². The van der Waals surface area contributed by atoms with Crippen LogP contribution < -0.4 is 5.32 Å². The van der Waals surface area contributed by atoms with Crippen LogP contribution in [-0.4, -0.2) is 47.2 Å². The number of likely N-dealkylation sites (N-methyl/N-ethyl adjacent to an activating group) is 1. The number of carbonyl (C=O) groups is 2. The molecule has 170 valence electrons. The molecule has 3 atom stereocenters. The number of carbonyl (C=O) groups excluding carboxylic acids is 2. The van der Waals surface area contributed by atoms with Crippen LogP contribution in [0.1, 0.15) is 36.8 Å². The van der Waals surface area contributed by atoms with Gasteiger partial charge in [0.25, 0.3) is 5.91 Å². The van der Waals surface area contributed by atoms with E-state index in [1.807, 2.05) is 48.2 Å². The van der Waals surface area contributed by atoms with E-state index in [2.05, 4.69) is 17.0 Å². The summed E-state index contributed by atoms with van der Waals surface area (Å²) >= 11 is 12.7. The maximum Gasteiger partial charge on any atom is 0.262 e. The van der Waals surface area contributed by atoms with E-state index in [0.717, 1.165) is 22.5 Å². The highest BCUT2D eigenvalue weighted by molar-refractivity contribution is 6.31. The van der Waals surface area contributed by atoms with Gasteiger partial charge in [-0.3, -0.25) is 9.59 Å². The van der Waals surface area contributed by atoms with Gasteiger partial charge >= 0.3 is 0 Å². The number of nitrogens with one attached hydrogen (secondary N) is 1. The topological polar surface area (TPSA) is 65.0 Å². The summed E-state index contributed by atoms with van der Waals surface area (Å²) in [5.41, 5.74) is 2.33. The fourth-order valence-electron chi connectivity index (χ4n) is 5.59. The summed E-state index contributed by atoms with van der Waals surface area (Å²) in [7, 11) is 1.66. The molecule has 33 heavy (non-hydrogen) atoms. The SMILES string of the molecule is C=C(CC)[C@H]1N2CC(=O)N(C)N=C2C[C@@H](c2cccc(Cl)c2)C12C(=O)Nc1cc(Cl)ccc12. The van der Waals surface area contributed by atoms with Crippen LogP contribution in [0.4, 0.5) is 5.69 Å². The standard InChI is InChI=1S/C25H24Cl2N4O2/c1-4-14(2)23-25(18-9-8-17(27)11-20(18)28-24(25)33)19(15-6-5-7-16(26)10-15)12-21-29-30(3)22(32)13-31(21)23/h5-11,19,23H,2,4,12-13H2,1,3H3,(H,28,33)/t19-,23+,25?/m0/s1. The van der Waals surface area contributed by atoms with Gasteiger partial charge in [0.15, 0.2) is 0 Å². The van der Waals surface area contributed by atoms with Crippen molar-refractivity contribution in [2.75, 3.05) is 18.9 Å². The Morgan fingerprint density at radius 3 is 2.70 bits per heavy atom. The van der Waals surface area contributed by atoms with Crippen molar-refractivity contribution in [2.24, 2.45) is 5.10 Å². The Hall–Kier alpha value is -2.83. The first-order valence-electron chi connectivity index (χ1n) is 10.9. The van der Waals surface area contributed by atoms with Crippen molar-refractivity contribution in [1.82, 2.24) is 9.91 Å². The number of rotatable bonds is 3. The number of fused-ring (bicyclic) bond motifs is 3. The Morgan fingerprint density at radius 2 is 1.97 bits per heavy atom. The maximum absolute atomic E-state index is 14.0. The van der Waals surface area contributed by atoms with Crippen molar-refractivity contribution in [3.63, 3.8) is 0 Å². The fraction of sp³-hybridized carbons (Fsp3) is 0.320. The van der Waals surface area contributed by atoms with E-state index in [4.69, 9.17) is 23.2 Å². The number of hydrogen-bond donors (Lipinski definition) is 1. The lowest BCUT2D eigenvalue weighted by atomic mass is 9.58. The molecule has 1 spiro atoms. The van der Waals surface area contributed by atoms with Crippen LogP contribution in [0.5, 0.6) is 0 Å². The van der Waals surface area contributed by atoms with Crippen LogP contribution in [0.3, 0.4) is 0 Å². The van der Waals surface area contributed by atoms with Crippen LogP contribution in [0, 0.1) is 0 Å². The number of nitrogens with zero attached hydrogens (tertiary/aromatic N) is 3.